The van der Waals surface area contributed by atoms with Crippen LogP contribution >= 0.6 is 12.2 Å². The number of esters is 1. The van der Waals surface area contributed by atoms with Crippen molar-refractivity contribution in [2.24, 2.45) is 0 Å². The van der Waals surface area contributed by atoms with Gasteiger partial charge in [-0.05, 0) is 38.2 Å². The van der Waals surface area contributed by atoms with E-state index in [0.717, 1.165) is 5.69 Å². The van der Waals surface area contributed by atoms with Crippen LogP contribution in [0.3, 0.4) is 0 Å². The van der Waals surface area contributed by atoms with E-state index in [1.165, 1.54) is 0 Å². The quantitative estimate of drug-likeness (QED) is 0.633. The molecule has 0 radical (unpaired) electrons. The highest BCUT2D eigenvalue weighted by Gasteiger charge is 2.14. The van der Waals surface area contributed by atoms with Gasteiger partial charge in [0.15, 0.2) is 5.11 Å². The summed E-state index contributed by atoms with van der Waals surface area (Å²) in [6.07, 6.45) is 0. The zero-order valence-corrected chi connectivity index (χ0v) is 10.7. The van der Waals surface area contributed by atoms with Gasteiger partial charge in [0.25, 0.3) is 0 Å². The summed E-state index contributed by atoms with van der Waals surface area (Å²) in [5.74, 6) is -0.315. The number of rotatable bonds is 4. The van der Waals surface area contributed by atoms with E-state index in [-0.39, 0.29) is 5.97 Å². The third-order valence-corrected chi connectivity index (χ3v) is 2.24. The second-order valence-electron chi connectivity index (χ2n) is 3.44. The number of benzene rings is 1. The van der Waals surface area contributed by atoms with Gasteiger partial charge in [0, 0.05) is 5.69 Å². The van der Waals surface area contributed by atoms with Crippen molar-refractivity contribution >= 4 is 29.0 Å². The minimum atomic E-state index is -0.460. The summed E-state index contributed by atoms with van der Waals surface area (Å²) in [7, 11) is 0. The molecule has 4 nitrogen and oxygen atoms in total. The fourth-order valence-electron chi connectivity index (χ4n) is 1.21. The Hall–Kier alpha value is -1.62. The van der Waals surface area contributed by atoms with Crippen molar-refractivity contribution in [1.29, 1.82) is 0 Å². The summed E-state index contributed by atoms with van der Waals surface area (Å²) in [5, 5.41) is 6.24. The van der Waals surface area contributed by atoms with Crippen molar-refractivity contribution in [2.45, 2.75) is 19.9 Å². The Labute approximate surface area is 106 Å². The van der Waals surface area contributed by atoms with Crippen molar-refractivity contribution in [1.82, 2.24) is 5.32 Å². The number of ether oxygens (including phenoxy) is 1. The van der Waals surface area contributed by atoms with Crippen LogP contribution in [0.25, 0.3) is 0 Å². The fraction of sp³-hybridized carbons (Fsp3) is 0.333. The standard InChI is InChI=1S/C12H16N2O2S/c1-3-16-11(15)9(2)13-12(17)14-10-7-5-4-6-8-10/h4-9H,3H2,1-2H3,(H2,13,14,17)/t9-/m0/s1. The normalized spacial score (nSPS) is 11.4. The SMILES string of the molecule is CCOC(=O)[C@H](C)NC(=S)Nc1ccccc1. The van der Waals surface area contributed by atoms with Gasteiger partial charge in [0.1, 0.15) is 6.04 Å². The predicted molar refractivity (Wildman–Crippen MR) is 71.9 cm³/mol. The Balaban J connectivity index is 2.42. The number of hydrogen-bond acceptors (Lipinski definition) is 3. The number of carbonyl (C=O) groups excluding carboxylic acids is 1. The molecule has 1 atom stereocenters. The molecule has 0 saturated heterocycles. The van der Waals surface area contributed by atoms with Gasteiger partial charge in [0.05, 0.1) is 6.61 Å². The minimum Gasteiger partial charge on any atom is -0.464 e. The molecule has 0 saturated carbocycles. The van der Waals surface area contributed by atoms with Crippen LogP contribution in [-0.2, 0) is 9.53 Å². The van der Waals surface area contributed by atoms with Crippen LogP contribution in [0.15, 0.2) is 30.3 Å². The van der Waals surface area contributed by atoms with Crippen LogP contribution in [0.1, 0.15) is 13.8 Å². The zero-order valence-electron chi connectivity index (χ0n) is 9.90. The highest BCUT2D eigenvalue weighted by Crippen LogP contribution is 2.04. The average molecular weight is 252 g/mol. The first kappa shape index (κ1) is 13.4. The molecule has 0 amide bonds. The Morgan fingerprint density at radius 2 is 2.06 bits per heavy atom. The molecule has 0 spiro atoms. The number of hydrogen-bond donors (Lipinski definition) is 2. The Kier molecular flexibility index (Phi) is 5.42. The van der Waals surface area contributed by atoms with E-state index in [9.17, 15) is 4.79 Å². The van der Waals surface area contributed by atoms with Crippen LogP contribution in [0.4, 0.5) is 5.69 Å². The number of anilines is 1. The Bertz CT molecular complexity index is 381. The summed E-state index contributed by atoms with van der Waals surface area (Å²) >= 11 is 5.09. The molecule has 0 aromatic heterocycles. The lowest BCUT2D eigenvalue weighted by Gasteiger charge is -2.15. The molecule has 0 fully saturated rings. The fourth-order valence-corrected chi connectivity index (χ4v) is 1.51. The predicted octanol–water partition coefficient (Wildman–Crippen LogP) is 1.92. The molecular formula is C12H16N2O2S. The van der Waals surface area contributed by atoms with Gasteiger partial charge in [-0.25, -0.2) is 4.79 Å². The molecule has 17 heavy (non-hydrogen) atoms. The van der Waals surface area contributed by atoms with E-state index in [2.05, 4.69) is 10.6 Å². The summed E-state index contributed by atoms with van der Waals surface area (Å²) < 4.78 is 4.87. The molecule has 5 heteroatoms. The summed E-state index contributed by atoms with van der Waals surface area (Å²) in [4.78, 5) is 11.4. The maximum Gasteiger partial charge on any atom is 0.328 e. The maximum absolute atomic E-state index is 11.4. The number of thiocarbonyl (C=S) groups is 1. The molecule has 0 heterocycles. The third kappa shape index (κ3) is 4.82. The summed E-state index contributed by atoms with van der Waals surface area (Å²) in [6, 6.07) is 9.05. The van der Waals surface area contributed by atoms with E-state index in [1.807, 2.05) is 30.3 Å². The highest BCUT2D eigenvalue weighted by atomic mass is 32.1. The van der Waals surface area contributed by atoms with Crippen molar-refractivity contribution in [2.75, 3.05) is 11.9 Å². The van der Waals surface area contributed by atoms with Gasteiger partial charge >= 0.3 is 5.97 Å². The molecule has 0 unspecified atom stereocenters. The zero-order chi connectivity index (χ0) is 12.7. The lowest BCUT2D eigenvalue weighted by atomic mass is 10.3. The summed E-state index contributed by atoms with van der Waals surface area (Å²) in [6.45, 7) is 3.84. The van der Waals surface area contributed by atoms with Crippen LogP contribution in [0.2, 0.25) is 0 Å². The second-order valence-corrected chi connectivity index (χ2v) is 3.85. The lowest BCUT2D eigenvalue weighted by Crippen LogP contribution is -2.41. The molecule has 0 aliphatic rings. The Morgan fingerprint density at radius 1 is 1.41 bits per heavy atom. The maximum atomic E-state index is 11.4. The van der Waals surface area contributed by atoms with Gasteiger partial charge in [0.2, 0.25) is 0 Å². The van der Waals surface area contributed by atoms with Crippen LogP contribution in [-0.4, -0.2) is 23.7 Å². The number of carbonyl (C=O) groups is 1. The van der Waals surface area contributed by atoms with E-state index >= 15 is 0 Å². The van der Waals surface area contributed by atoms with E-state index in [0.29, 0.717) is 11.7 Å². The van der Waals surface area contributed by atoms with Crippen LogP contribution in [0.5, 0.6) is 0 Å². The molecule has 0 bridgehead atoms. The number of nitrogens with one attached hydrogen (secondary N) is 2. The van der Waals surface area contributed by atoms with E-state index < -0.39 is 6.04 Å². The molecule has 1 aromatic rings. The smallest absolute Gasteiger partial charge is 0.328 e. The highest BCUT2D eigenvalue weighted by molar-refractivity contribution is 7.80. The van der Waals surface area contributed by atoms with E-state index in [4.69, 9.17) is 17.0 Å². The molecule has 1 aromatic carbocycles. The molecular weight excluding hydrogens is 236 g/mol. The van der Waals surface area contributed by atoms with Crippen molar-refractivity contribution in [3.63, 3.8) is 0 Å². The van der Waals surface area contributed by atoms with Crippen LogP contribution in [0, 0.1) is 0 Å². The van der Waals surface area contributed by atoms with Crippen molar-refractivity contribution in [3.8, 4) is 0 Å². The molecule has 1 rings (SSSR count). The first-order chi connectivity index (χ1) is 8.13. The van der Waals surface area contributed by atoms with Crippen LogP contribution < -0.4 is 10.6 Å². The minimum absolute atomic E-state index is 0.315. The summed E-state index contributed by atoms with van der Waals surface area (Å²) in [5.41, 5.74) is 0.876. The first-order valence-corrected chi connectivity index (χ1v) is 5.83. The monoisotopic (exact) mass is 252 g/mol. The topological polar surface area (TPSA) is 50.4 Å². The number of para-hydroxylation sites is 1. The molecule has 0 aliphatic carbocycles. The average Bonchev–Trinajstić information content (AvgIpc) is 2.30. The van der Waals surface area contributed by atoms with E-state index in [1.54, 1.807) is 13.8 Å². The third-order valence-electron chi connectivity index (χ3n) is 2.02. The molecule has 2 N–H and O–H groups in total. The lowest BCUT2D eigenvalue weighted by molar-refractivity contribution is -0.144. The van der Waals surface area contributed by atoms with Gasteiger partial charge in [-0.1, -0.05) is 18.2 Å². The van der Waals surface area contributed by atoms with Gasteiger partial charge < -0.3 is 15.4 Å². The Morgan fingerprint density at radius 3 is 2.65 bits per heavy atom. The van der Waals surface area contributed by atoms with Gasteiger partial charge in [-0.15, -0.1) is 0 Å². The van der Waals surface area contributed by atoms with Crippen molar-refractivity contribution in [3.05, 3.63) is 30.3 Å². The van der Waals surface area contributed by atoms with Gasteiger partial charge in [-0.2, -0.15) is 0 Å². The van der Waals surface area contributed by atoms with Crippen molar-refractivity contribution < 1.29 is 9.53 Å². The molecule has 0 aliphatic heterocycles. The van der Waals surface area contributed by atoms with Gasteiger partial charge in [-0.3, -0.25) is 0 Å². The second kappa shape index (κ2) is 6.85. The largest absolute Gasteiger partial charge is 0.464 e. The molecule has 92 valence electrons. The first-order valence-electron chi connectivity index (χ1n) is 5.42.